The average Bonchev–Trinajstić information content (AvgIpc) is 3.63. The molecular formula is C36H33SiZr. The first kappa shape index (κ1) is 30.9. The van der Waals surface area contributed by atoms with Gasteiger partial charge in [-0.25, -0.2) is 0 Å². The van der Waals surface area contributed by atoms with Crippen LogP contribution in [0.25, 0.3) is 27.6 Å². The van der Waals surface area contributed by atoms with Crippen molar-refractivity contribution in [1.29, 1.82) is 0 Å². The maximum absolute atomic E-state index is 3.20. The molecule has 0 spiro atoms. The molecule has 0 bridgehead atoms. The van der Waals surface area contributed by atoms with Gasteiger partial charge in [-0.15, -0.1) is 107 Å². The van der Waals surface area contributed by atoms with Gasteiger partial charge in [0.25, 0.3) is 0 Å². The Hall–Kier alpha value is -3.32. The monoisotopic (exact) mass is 583 g/mol. The Morgan fingerprint density at radius 3 is 1.53 bits per heavy atom. The van der Waals surface area contributed by atoms with Crippen LogP contribution in [-0.4, -0.2) is 9.52 Å². The van der Waals surface area contributed by atoms with E-state index in [2.05, 4.69) is 122 Å². The average molecular weight is 585 g/mol. The first-order valence-corrected chi connectivity index (χ1v) is 14.5. The van der Waals surface area contributed by atoms with Crippen LogP contribution >= 0.6 is 0 Å². The molecule has 0 unspecified atom stereocenters. The summed E-state index contributed by atoms with van der Waals surface area (Å²) in [6.45, 7) is 4.31. The SMILES string of the molecule is C[Si]C.[C-](=CC=Cc1ccccc1)c1ccccc1.[Zr+3].c1ccc2[cH-]ccc2c1.c1ccc2[cH-]ccc2c1. The second kappa shape index (κ2) is 18.9. The van der Waals surface area contributed by atoms with Crippen molar-refractivity contribution in [3.05, 3.63) is 175 Å². The summed E-state index contributed by atoms with van der Waals surface area (Å²) in [6.07, 6.45) is 9.20. The third-order valence-electron chi connectivity index (χ3n) is 5.30. The quantitative estimate of drug-likeness (QED) is 0.110. The second-order valence-corrected chi connectivity index (χ2v) is 9.26. The van der Waals surface area contributed by atoms with Gasteiger partial charge in [0.05, 0.1) is 0 Å². The van der Waals surface area contributed by atoms with Crippen molar-refractivity contribution in [1.82, 2.24) is 0 Å². The predicted molar refractivity (Wildman–Crippen MR) is 165 cm³/mol. The summed E-state index contributed by atoms with van der Waals surface area (Å²) >= 11 is 0. The van der Waals surface area contributed by atoms with Crippen molar-refractivity contribution in [2.75, 3.05) is 0 Å². The first-order chi connectivity index (χ1) is 18.3. The number of fused-ring (bicyclic) bond motifs is 2. The summed E-state index contributed by atoms with van der Waals surface area (Å²) in [5.74, 6) is 0. The Kier molecular flexibility index (Phi) is 15.3. The van der Waals surface area contributed by atoms with Gasteiger partial charge in [0.1, 0.15) is 0 Å². The first-order valence-electron chi connectivity index (χ1n) is 12.5. The topological polar surface area (TPSA) is 0 Å². The van der Waals surface area contributed by atoms with Crippen molar-refractivity contribution < 1.29 is 26.2 Å². The molecule has 0 N–H and O–H groups in total. The van der Waals surface area contributed by atoms with Crippen molar-refractivity contribution in [2.45, 2.75) is 13.1 Å². The summed E-state index contributed by atoms with van der Waals surface area (Å²) in [6, 6.07) is 49.7. The maximum atomic E-state index is 3.20. The van der Waals surface area contributed by atoms with Crippen LogP contribution in [0.1, 0.15) is 11.1 Å². The molecule has 0 saturated carbocycles. The van der Waals surface area contributed by atoms with E-state index in [0.29, 0.717) is 0 Å². The standard InChI is InChI=1S/C16H13.2C9H7.C2H6Si.Zr/c1-3-9-15(10-4-1)13-7-8-14-16-11-5-2-6-12-16;2*1-2-5-9-7-3-6-8(9)4-1;1-3-2;/h1-13H;2*1-7H;1-2H3;/q3*-1;;+3. The summed E-state index contributed by atoms with van der Waals surface area (Å²) in [4.78, 5) is 0. The molecule has 0 aliphatic heterocycles. The van der Waals surface area contributed by atoms with E-state index in [1.165, 1.54) is 27.1 Å². The van der Waals surface area contributed by atoms with E-state index < -0.39 is 0 Å². The van der Waals surface area contributed by atoms with E-state index >= 15 is 0 Å². The van der Waals surface area contributed by atoms with Crippen molar-refractivity contribution in [3.63, 3.8) is 0 Å². The fourth-order valence-corrected chi connectivity index (χ4v) is 3.54. The fraction of sp³-hybridized carbons (Fsp3) is 0.0556. The molecule has 185 valence electrons. The zero-order valence-corrected chi connectivity index (χ0v) is 25.5. The van der Waals surface area contributed by atoms with E-state index in [1.54, 1.807) is 0 Å². The van der Waals surface area contributed by atoms with Gasteiger partial charge in [-0.05, 0) is 5.56 Å². The van der Waals surface area contributed by atoms with Gasteiger partial charge in [0.15, 0.2) is 0 Å². The van der Waals surface area contributed by atoms with Gasteiger partial charge >= 0.3 is 26.2 Å². The molecule has 6 aromatic carbocycles. The van der Waals surface area contributed by atoms with Crippen molar-refractivity contribution >= 4 is 37.1 Å². The smallest absolute Gasteiger partial charge is 0.168 e. The summed E-state index contributed by atoms with van der Waals surface area (Å²) in [5.41, 5.74) is 2.30. The minimum Gasteiger partial charge on any atom is -0.168 e. The van der Waals surface area contributed by atoms with Crippen LogP contribution in [0.4, 0.5) is 0 Å². The molecule has 0 saturated heterocycles. The van der Waals surface area contributed by atoms with Crippen LogP contribution < -0.4 is 0 Å². The maximum Gasteiger partial charge on any atom is 3.00 e. The Morgan fingerprint density at radius 2 is 1.03 bits per heavy atom. The number of rotatable bonds is 3. The number of benzene rings is 4. The number of hydrogen-bond acceptors (Lipinski definition) is 0. The molecule has 0 fully saturated rings. The summed E-state index contributed by atoms with van der Waals surface area (Å²) in [5, 5.41) is 5.32. The van der Waals surface area contributed by atoms with Gasteiger partial charge < -0.3 is 0 Å². The van der Waals surface area contributed by atoms with Gasteiger partial charge in [-0.1, -0.05) is 67.7 Å². The third-order valence-corrected chi connectivity index (χ3v) is 5.30. The third kappa shape index (κ3) is 11.4. The van der Waals surface area contributed by atoms with Gasteiger partial charge in [-0.2, -0.15) is 35.0 Å². The van der Waals surface area contributed by atoms with Gasteiger partial charge in [-0.3, -0.25) is 0 Å². The minimum absolute atomic E-state index is 0. The molecule has 3 radical (unpaired) electrons. The molecule has 0 atom stereocenters. The molecular weight excluding hydrogens is 552 g/mol. The molecule has 0 nitrogen and oxygen atoms in total. The fourth-order valence-electron chi connectivity index (χ4n) is 3.54. The number of hydrogen-bond donors (Lipinski definition) is 0. The Balaban J connectivity index is 0.000000198. The molecule has 0 amide bonds. The van der Waals surface area contributed by atoms with E-state index in [-0.39, 0.29) is 26.2 Å². The molecule has 0 aromatic heterocycles. The van der Waals surface area contributed by atoms with E-state index in [4.69, 9.17) is 0 Å². The van der Waals surface area contributed by atoms with Crippen molar-refractivity contribution in [3.8, 4) is 0 Å². The largest absolute Gasteiger partial charge is 3.00 e. The van der Waals surface area contributed by atoms with Crippen molar-refractivity contribution in [2.24, 2.45) is 0 Å². The van der Waals surface area contributed by atoms with Crippen LogP contribution in [0.15, 0.2) is 158 Å². The molecule has 0 aliphatic carbocycles. The number of allylic oxidation sites excluding steroid dienone is 2. The summed E-state index contributed by atoms with van der Waals surface area (Å²) < 4.78 is 0. The molecule has 6 aromatic rings. The molecule has 0 aliphatic rings. The van der Waals surface area contributed by atoms with E-state index in [0.717, 1.165) is 15.1 Å². The second-order valence-electron chi connectivity index (χ2n) is 8.26. The van der Waals surface area contributed by atoms with Crippen LogP contribution in [0.2, 0.25) is 13.1 Å². The summed E-state index contributed by atoms with van der Waals surface area (Å²) in [7, 11) is 1.08. The molecule has 38 heavy (non-hydrogen) atoms. The van der Waals surface area contributed by atoms with Crippen LogP contribution in [-0.2, 0) is 26.2 Å². The molecule has 6 rings (SSSR count). The van der Waals surface area contributed by atoms with Crippen LogP contribution in [0, 0.1) is 6.08 Å². The Morgan fingerprint density at radius 1 is 0.579 bits per heavy atom. The molecule has 0 heterocycles. The zero-order chi connectivity index (χ0) is 26.0. The van der Waals surface area contributed by atoms with Crippen LogP contribution in [0.5, 0.6) is 0 Å². The zero-order valence-electron chi connectivity index (χ0n) is 22.1. The van der Waals surface area contributed by atoms with Gasteiger partial charge in [0, 0.05) is 9.52 Å². The predicted octanol–water partition coefficient (Wildman–Crippen LogP) is 10.0. The molecule has 2 heteroatoms. The Bertz CT molecular complexity index is 1280. The minimum atomic E-state index is 0. The van der Waals surface area contributed by atoms with E-state index in [9.17, 15) is 0 Å². The van der Waals surface area contributed by atoms with Crippen LogP contribution in [0.3, 0.4) is 0 Å². The van der Waals surface area contributed by atoms with E-state index in [1.807, 2.05) is 60.7 Å². The normalized spacial score (nSPS) is 10.1. The van der Waals surface area contributed by atoms with Gasteiger partial charge in [0.2, 0.25) is 0 Å². The Labute approximate surface area is 250 Å².